The number of pyridine rings is 1. The highest BCUT2D eigenvalue weighted by Crippen LogP contribution is 2.23. The Labute approximate surface area is 161 Å². The van der Waals surface area contributed by atoms with Crippen LogP contribution >= 0.6 is 0 Å². The molecule has 0 unspecified atom stereocenters. The highest BCUT2D eigenvalue weighted by molar-refractivity contribution is 5.89. The molecule has 0 amide bonds. The molecule has 0 aliphatic carbocycles. The first-order valence-corrected chi connectivity index (χ1v) is 8.30. The molecule has 11 heteroatoms. The summed E-state index contributed by atoms with van der Waals surface area (Å²) < 4.78 is 31.5. The minimum absolute atomic E-state index is 0.0410. The summed E-state index contributed by atoms with van der Waals surface area (Å²) in [6, 6.07) is 9.69. The Morgan fingerprint density at radius 3 is 2.69 bits per heavy atom. The molecular formula is C18H12F2N6O3. The topological polar surface area (TPSA) is 120 Å². The third-order valence-corrected chi connectivity index (χ3v) is 3.97. The molecule has 0 aliphatic heterocycles. The molecule has 146 valence electrons. The Hall–Kier alpha value is -4.02. The summed E-state index contributed by atoms with van der Waals surface area (Å²) in [6.07, 6.45) is 0.275. The molecular weight excluding hydrogens is 386 g/mol. The maximum atomic E-state index is 12.5. The van der Waals surface area contributed by atoms with Gasteiger partial charge in [-0.3, -0.25) is 4.98 Å². The second kappa shape index (κ2) is 7.54. The van der Waals surface area contributed by atoms with E-state index in [2.05, 4.69) is 25.5 Å². The monoisotopic (exact) mass is 398 g/mol. The van der Waals surface area contributed by atoms with Gasteiger partial charge in [0, 0.05) is 11.8 Å². The maximum Gasteiger partial charge on any atom is 0.335 e. The molecule has 0 atom stereocenters. The van der Waals surface area contributed by atoms with Crippen LogP contribution in [-0.2, 0) is 6.54 Å². The van der Waals surface area contributed by atoms with E-state index in [-0.39, 0.29) is 11.5 Å². The van der Waals surface area contributed by atoms with Crippen molar-refractivity contribution in [1.29, 1.82) is 0 Å². The van der Waals surface area contributed by atoms with Gasteiger partial charge in [-0.2, -0.15) is 8.78 Å². The van der Waals surface area contributed by atoms with Crippen molar-refractivity contribution in [3.8, 4) is 22.7 Å². The Balaban J connectivity index is 1.49. The highest BCUT2D eigenvalue weighted by atomic mass is 19.3. The van der Waals surface area contributed by atoms with Gasteiger partial charge in [-0.15, -0.1) is 15.3 Å². The van der Waals surface area contributed by atoms with Crippen molar-refractivity contribution in [3.63, 3.8) is 0 Å². The summed E-state index contributed by atoms with van der Waals surface area (Å²) in [5.41, 5.74) is 2.36. The number of aromatic nitrogens is 6. The first kappa shape index (κ1) is 18.3. The van der Waals surface area contributed by atoms with E-state index in [4.69, 9.17) is 9.52 Å². The Kier molecular flexibility index (Phi) is 4.77. The van der Waals surface area contributed by atoms with Crippen LogP contribution in [-0.4, -0.2) is 41.3 Å². The van der Waals surface area contributed by atoms with Crippen LogP contribution in [0.2, 0.25) is 0 Å². The van der Waals surface area contributed by atoms with Gasteiger partial charge in [0.15, 0.2) is 0 Å². The molecule has 0 spiro atoms. The normalized spacial score (nSPS) is 11.1. The van der Waals surface area contributed by atoms with Gasteiger partial charge in [-0.25, -0.2) is 9.48 Å². The third kappa shape index (κ3) is 3.98. The zero-order valence-electron chi connectivity index (χ0n) is 14.6. The third-order valence-electron chi connectivity index (χ3n) is 3.97. The van der Waals surface area contributed by atoms with Crippen molar-refractivity contribution in [3.05, 3.63) is 65.9 Å². The van der Waals surface area contributed by atoms with Gasteiger partial charge in [-0.05, 0) is 24.3 Å². The molecule has 3 heterocycles. The number of benzene rings is 1. The molecule has 1 N–H and O–H groups in total. The fraction of sp³-hybridized carbons (Fsp3) is 0.111. The number of carboxylic acid groups (broad SMARTS) is 1. The smallest absolute Gasteiger partial charge is 0.335 e. The number of nitrogens with zero attached hydrogens (tertiary/aromatic N) is 6. The van der Waals surface area contributed by atoms with Crippen LogP contribution in [0.1, 0.15) is 28.4 Å². The van der Waals surface area contributed by atoms with E-state index in [1.54, 1.807) is 35.1 Å². The van der Waals surface area contributed by atoms with E-state index in [0.717, 1.165) is 0 Å². The first-order valence-electron chi connectivity index (χ1n) is 8.30. The number of carbonyl (C=O) groups is 1. The van der Waals surface area contributed by atoms with Crippen LogP contribution in [0.25, 0.3) is 22.7 Å². The molecule has 0 saturated heterocycles. The average Bonchev–Trinajstić information content (AvgIpc) is 3.39. The van der Waals surface area contributed by atoms with E-state index in [1.165, 1.54) is 18.3 Å². The molecule has 0 fully saturated rings. The Bertz CT molecular complexity index is 1160. The lowest BCUT2D eigenvalue weighted by atomic mass is 10.1. The summed E-state index contributed by atoms with van der Waals surface area (Å²) in [5.74, 6) is -1.81. The van der Waals surface area contributed by atoms with Crippen molar-refractivity contribution < 1.29 is 23.1 Å². The van der Waals surface area contributed by atoms with Gasteiger partial charge in [0.25, 0.3) is 5.89 Å². The quantitative estimate of drug-likeness (QED) is 0.526. The fourth-order valence-electron chi connectivity index (χ4n) is 2.57. The van der Waals surface area contributed by atoms with Crippen LogP contribution in [0.5, 0.6) is 0 Å². The lowest BCUT2D eigenvalue weighted by Crippen LogP contribution is -2.02. The second-order valence-electron chi connectivity index (χ2n) is 5.97. The highest BCUT2D eigenvalue weighted by Gasteiger charge is 2.17. The number of hydrogen-bond acceptors (Lipinski definition) is 7. The minimum atomic E-state index is -2.83. The molecule has 29 heavy (non-hydrogen) atoms. The number of rotatable bonds is 6. The van der Waals surface area contributed by atoms with Crippen molar-refractivity contribution in [2.24, 2.45) is 0 Å². The largest absolute Gasteiger partial charge is 0.478 e. The van der Waals surface area contributed by atoms with E-state index < -0.39 is 18.3 Å². The summed E-state index contributed by atoms with van der Waals surface area (Å²) in [4.78, 5) is 15.3. The lowest BCUT2D eigenvalue weighted by Gasteiger charge is -2.01. The van der Waals surface area contributed by atoms with E-state index in [1.807, 2.05) is 0 Å². The molecule has 4 aromatic rings. The summed E-state index contributed by atoms with van der Waals surface area (Å²) in [6.45, 7) is 0.304. The van der Waals surface area contributed by atoms with Crippen LogP contribution < -0.4 is 0 Å². The molecule has 3 aromatic heterocycles. The van der Waals surface area contributed by atoms with Gasteiger partial charge >= 0.3 is 12.4 Å². The van der Waals surface area contributed by atoms with Crippen LogP contribution in [0.3, 0.4) is 0 Å². The summed E-state index contributed by atoms with van der Waals surface area (Å²) >= 11 is 0. The molecule has 1 aromatic carbocycles. The zero-order valence-corrected chi connectivity index (χ0v) is 14.6. The number of halogens is 2. The van der Waals surface area contributed by atoms with Crippen LogP contribution in [0.15, 0.2) is 53.2 Å². The van der Waals surface area contributed by atoms with Crippen molar-refractivity contribution >= 4 is 5.97 Å². The Morgan fingerprint density at radius 2 is 2.00 bits per heavy atom. The first-order chi connectivity index (χ1) is 14.0. The van der Waals surface area contributed by atoms with Crippen molar-refractivity contribution in [1.82, 2.24) is 30.2 Å². The van der Waals surface area contributed by atoms with Crippen LogP contribution in [0.4, 0.5) is 8.78 Å². The van der Waals surface area contributed by atoms with Crippen molar-refractivity contribution in [2.45, 2.75) is 13.0 Å². The molecule has 0 aliphatic rings. The number of carboxylic acids is 1. The standard InChI is InChI=1S/C18H12F2N6O3/c19-15(20)17-24-23-16(29-17)12-4-5-13(21-7-12)8-26-9-14(22-25-26)10-2-1-3-11(6-10)18(27)28/h1-7,9,15H,8H2,(H,27,28). The molecule has 9 nitrogen and oxygen atoms in total. The van der Waals surface area contributed by atoms with Gasteiger partial charge in [0.1, 0.15) is 5.69 Å². The number of hydrogen-bond donors (Lipinski definition) is 1. The van der Waals surface area contributed by atoms with Gasteiger partial charge in [0.05, 0.1) is 29.6 Å². The van der Waals surface area contributed by atoms with Gasteiger partial charge in [-0.1, -0.05) is 17.3 Å². The average molecular weight is 398 g/mol. The summed E-state index contributed by atoms with van der Waals surface area (Å²) in [7, 11) is 0. The van der Waals surface area contributed by atoms with E-state index in [9.17, 15) is 13.6 Å². The maximum absolute atomic E-state index is 12.5. The molecule has 0 bridgehead atoms. The number of alkyl halides is 2. The second-order valence-corrected chi connectivity index (χ2v) is 5.97. The van der Waals surface area contributed by atoms with E-state index in [0.29, 0.717) is 29.1 Å². The van der Waals surface area contributed by atoms with Gasteiger partial charge < -0.3 is 9.52 Å². The van der Waals surface area contributed by atoms with Crippen molar-refractivity contribution in [2.75, 3.05) is 0 Å². The fourth-order valence-corrected chi connectivity index (χ4v) is 2.57. The number of aromatic carboxylic acids is 1. The molecule has 0 saturated carbocycles. The zero-order chi connectivity index (χ0) is 20.4. The molecule has 4 rings (SSSR count). The van der Waals surface area contributed by atoms with Gasteiger partial charge in [0.2, 0.25) is 5.89 Å². The Morgan fingerprint density at radius 1 is 1.14 bits per heavy atom. The van der Waals surface area contributed by atoms with E-state index >= 15 is 0 Å². The predicted molar refractivity (Wildman–Crippen MR) is 94.0 cm³/mol. The SMILES string of the molecule is O=C(O)c1cccc(-c2cn(Cc3ccc(-c4nnc(C(F)F)o4)cn3)nn2)c1. The predicted octanol–water partition coefficient (Wildman–Crippen LogP) is 3.07. The summed E-state index contributed by atoms with van der Waals surface area (Å²) in [5, 5.41) is 24.0. The van der Waals surface area contributed by atoms with Crippen LogP contribution in [0, 0.1) is 0 Å². The molecule has 0 radical (unpaired) electrons. The lowest BCUT2D eigenvalue weighted by molar-refractivity contribution is 0.0697. The minimum Gasteiger partial charge on any atom is -0.478 e.